The number of rotatable bonds is 3. The highest BCUT2D eigenvalue weighted by molar-refractivity contribution is 7.71. The second-order valence-corrected chi connectivity index (χ2v) is 6.08. The molecular weight excluding hydrogens is 258 g/mol. The smallest absolute Gasteiger partial charge is 0.179 e. The van der Waals surface area contributed by atoms with Crippen LogP contribution in [0.15, 0.2) is 18.3 Å². The second-order valence-electron chi connectivity index (χ2n) is 5.69. The van der Waals surface area contributed by atoms with Gasteiger partial charge in [0.2, 0.25) is 0 Å². The van der Waals surface area contributed by atoms with Crippen LogP contribution in [0.3, 0.4) is 0 Å². The summed E-state index contributed by atoms with van der Waals surface area (Å²) in [5.41, 5.74) is 2.03. The molecule has 102 valence electrons. The lowest BCUT2D eigenvalue weighted by molar-refractivity contribution is -0.127. The standard InChI is InChI=1S/C14H19N3OS/c1-4-18-11-8-10(14(11,2)3)17-12-9(16-13(17)19)6-5-7-15-12/h5-7,10-11H,4,8H2,1-3H3,(H,16,19). The first-order valence-electron chi connectivity index (χ1n) is 6.72. The Morgan fingerprint density at radius 3 is 3.05 bits per heavy atom. The van der Waals surface area contributed by atoms with Crippen LogP contribution in [0.25, 0.3) is 11.2 Å². The summed E-state index contributed by atoms with van der Waals surface area (Å²) in [6, 6.07) is 4.29. The summed E-state index contributed by atoms with van der Waals surface area (Å²) < 4.78 is 8.70. The molecule has 0 aromatic carbocycles. The molecule has 1 aliphatic carbocycles. The molecule has 19 heavy (non-hydrogen) atoms. The molecule has 2 atom stereocenters. The number of nitrogens with one attached hydrogen (secondary N) is 1. The summed E-state index contributed by atoms with van der Waals surface area (Å²) in [6.45, 7) is 7.29. The van der Waals surface area contributed by atoms with Crippen LogP contribution >= 0.6 is 12.2 Å². The van der Waals surface area contributed by atoms with E-state index in [1.807, 2.05) is 25.3 Å². The average Bonchev–Trinajstić information content (AvgIpc) is 2.70. The molecule has 2 heterocycles. The van der Waals surface area contributed by atoms with Gasteiger partial charge in [0, 0.05) is 24.3 Å². The maximum absolute atomic E-state index is 5.80. The van der Waals surface area contributed by atoms with Crippen molar-refractivity contribution in [3.05, 3.63) is 23.1 Å². The number of pyridine rings is 1. The normalized spacial score (nSPS) is 25.4. The lowest BCUT2D eigenvalue weighted by Gasteiger charge is -2.51. The highest BCUT2D eigenvalue weighted by atomic mass is 32.1. The van der Waals surface area contributed by atoms with E-state index < -0.39 is 0 Å². The third-order valence-electron chi connectivity index (χ3n) is 4.28. The predicted molar refractivity (Wildman–Crippen MR) is 77.8 cm³/mol. The second kappa shape index (κ2) is 4.42. The minimum absolute atomic E-state index is 0.0842. The van der Waals surface area contributed by atoms with E-state index in [4.69, 9.17) is 17.0 Å². The quantitative estimate of drug-likeness (QED) is 0.874. The maximum Gasteiger partial charge on any atom is 0.179 e. The Hall–Kier alpha value is -1.20. The number of fused-ring (bicyclic) bond motifs is 1. The van der Waals surface area contributed by atoms with E-state index in [2.05, 4.69) is 28.4 Å². The lowest BCUT2D eigenvalue weighted by atomic mass is 9.64. The third-order valence-corrected chi connectivity index (χ3v) is 4.58. The van der Waals surface area contributed by atoms with Gasteiger partial charge in [-0.1, -0.05) is 13.8 Å². The zero-order chi connectivity index (χ0) is 13.6. The Kier molecular flexibility index (Phi) is 2.98. The summed E-state index contributed by atoms with van der Waals surface area (Å²) >= 11 is 5.46. The Bertz CT molecular complexity index is 658. The van der Waals surface area contributed by atoms with Crippen molar-refractivity contribution in [3.63, 3.8) is 0 Å². The van der Waals surface area contributed by atoms with Crippen molar-refractivity contribution in [2.75, 3.05) is 6.61 Å². The van der Waals surface area contributed by atoms with E-state index in [9.17, 15) is 0 Å². The highest BCUT2D eigenvalue weighted by Gasteiger charge is 2.50. The van der Waals surface area contributed by atoms with Crippen LogP contribution in [0.4, 0.5) is 0 Å². The SMILES string of the molecule is CCOC1CC(n2c(=S)[nH]c3cccnc32)C1(C)C. The molecule has 2 aromatic rings. The van der Waals surface area contributed by atoms with Crippen LogP contribution in [0.2, 0.25) is 0 Å². The Balaban J connectivity index is 2.03. The highest BCUT2D eigenvalue weighted by Crippen LogP contribution is 2.52. The molecule has 0 bridgehead atoms. The van der Waals surface area contributed by atoms with E-state index in [1.165, 1.54) is 0 Å². The van der Waals surface area contributed by atoms with Crippen molar-refractivity contribution in [3.8, 4) is 0 Å². The van der Waals surface area contributed by atoms with Crippen molar-refractivity contribution in [1.29, 1.82) is 0 Å². The zero-order valence-electron chi connectivity index (χ0n) is 11.5. The Labute approximate surface area is 117 Å². The minimum Gasteiger partial charge on any atom is -0.378 e. The van der Waals surface area contributed by atoms with Gasteiger partial charge in [-0.15, -0.1) is 0 Å². The molecular formula is C14H19N3OS. The van der Waals surface area contributed by atoms with Gasteiger partial charge in [0.25, 0.3) is 0 Å². The lowest BCUT2D eigenvalue weighted by Crippen LogP contribution is -2.51. The number of aromatic nitrogens is 3. The Morgan fingerprint density at radius 2 is 2.37 bits per heavy atom. The number of aromatic amines is 1. The molecule has 1 N–H and O–H groups in total. The van der Waals surface area contributed by atoms with Crippen LogP contribution in [0.5, 0.6) is 0 Å². The Morgan fingerprint density at radius 1 is 1.58 bits per heavy atom. The van der Waals surface area contributed by atoms with Gasteiger partial charge in [0.05, 0.1) is 11.6 Å². The van der Waals surface area contributed by atoms with Crippen molar-refractivity contribution in [2.24, 2.45) is 5.41 Å². The fraction of sp³-hybridized carbons (Fsp3) is 0.571. The number of H-pyrrole nitrogens is 1. The van der Waals surface area contributed by atoms with Crippen LogP contribution in [0, 0.1) is 10.2 Å². The molecule has 1 aliphatic rings. The van der Waals surface area contributed by atoms with E-state index in [-0.39, 0.29) is 5.41 Å². The summed E-state index contributed by atoms with van der Waals surface area (Å²) in [5.74, 6) is 0. The van der Waals surface area contributed by atoms with Crippen molar-refractivity contribution in [1.82, 2.24) is 14.5 Å². The van der Waals surface area contributed by atoms with E-state index in [1.54, 1.807) is 0 Å². The first-order chi connectivity index (χ1) is 9.05. The van der Waals surface area contributed by atoms with Crippen molar-refractivity contribution in [2.45, 2.75) is 39.3 Å². The topological polar surface area (TPSA) is 42.8 Å². The molecule has 3 rings (SSSR count). The summed E-state index contributed by atoms with van der Waals surface area (Å²) in [7, 11) is 0. The molecule has 5 heteroatoms. The van der Waals surface area contributed by atoms with Crippen LogP contribution < -0.4 is 0 Å². The summed E-state index contributed by atoms with van der Waals surface area (Å²) in [6.07, 6.45) is 3.12. The molecule has 1 fully saturated rings. The molecule has 2 aromatic heterocycles. The number of hydrogen-bond donors (Lipinski definition) is 1. The number of ether oxygens (including phenoxy) is 1. The van der Waals surface area contributed by atoms with Gasteiger partial charge in [-0.25, -0.2) is 4.98 Å². The van der Waals surface area contributed by atoms with Gasteiger partial charge in [-0.2, -0.15) is 0 Å². The monoisotopic (exact) mass is 277 g/mol. The molecule has 4 nitrogen and oxygen atoms in total. The number of nitrogens with zero attached hydrogens (tertiary/aromatic N) is 2. The van der Waals surface area contributed by atoms with Crippen LogP contribution in [-0.2, 0) is 4.74 Å². The molecule has 2 unspecified atom stereocenters. The van der Waals surface area contributed by atoms with Crippen molar-refractivity contribution < 1.29 is 4.74 Å². The van der Waals surface area contributed by atoms with Gasteiger partial charge < -0.3 is 9.72 Å². The fourth-order valence-corrected chi connectivity index (χ4v) is 3.36. The molecule has 1 saturated carbocycles. The predicted octanol–water partition coefficient (Wildman–Crippen LogP) is 3.47. The van der Waals surface area contributed by atoms with Gasteiger partial charge in [0.15, 0.2) is 10.4 Å². The molecule has 0 spiro atoms. The van der Waals surface area contributed by atoms with E-state index in [0.29, 0.717) is 12.1 Å². The molecule has 0 radical (unpaired) electrons. The van der Waals surface area contributed by atoms with E-state index >= 15 is 0 Å². The summed E-state index contributed by atoms with van der Waals surface area (Å²) in [5, 5.41) is 0. The largest absolute Gasteiger partial charge is 0.378 e. The summed E-state index contributed by atoms with van der Waals surface area (Å²) in [4.78, 5) is 7.70. The van der Waals surface area contributed by atoms with E-state index in [0.717, 1.165) is 29.0 Å². The fourth-order valence-electron chi connectivity index (χ4n) is 3.03. The van der Waals surface area contributed by atoms with Gasteiger partial charge in [-0.3, -0.25) is 4.57 Å². The number of hydrogen-bond acceptors (Lipinski definition) is 3. The maximum atomic E-state index is 5.80. The first kappa shape index (κ1) is 12.8. The van der Waals surface area contributed by atoms with Gasteiger partial charge >= 0.3 is 0 Å². The minimum atomic E-state index is 0.0842. The zero-order valence-corrected chi connectivity index (χ0v) is 12.3. The molecule has 0 saturated heterocycles. The molecule has 0 amide bonds. The van der Waals surface area contributed by atoms with Gasteiger partial charge in [0.1, 0.15) is 0 Å². The van der Waals surface area contributed by atoms with Gasteiger partial charge in [-0.05, 0) is 37.7 Å². The van der Waals surface area contributed by atoms with Crippen LogP contribution in [0.1, 0.15) is 33.2 Å². The van der Waals surface area contributed by atoms with Crippen molar-refractivity contribution >= 4 is 23.4 Å². The van der Waals surface area contributed by atoms with Crippen LogP contribution in [-0.4, -0.2) is 27.2 Å². The average molecular weight is 277 g/mol. The first-order valence-corrected chi connectivity index (χ1v) is 7.13. The molecule has 0 aliphatic heterocycles. The number of imidazole rings is 1. The third kappa shape index (κ3) is 1.83.